The van der Waals surface area contributed by atoms with E-state index in [1.54, 1.807) is 18.2 Å². The predicted molar refractivity (Wildman–Crippen MR) is 55.4 cm³/mol. The molecule has 0 bridgehead atoms. The molecule has 7 heteroatoms. The van der Waals surface area contributed by atoms with Gasteiger partial charge in [0.1, 0.15) is 0 Å². The van der Waals surface area contributed by atoms with Gasteiger partial charge in [-0.2, -0.15) is 8.42 Å². The van der Waals surface area contributed by atoms with Crippen LogP contribution in [0.2, 0.25) is 0 Å². The van der Waals surface area contributed by atoms with Crippen LogP contribution in [0.3, 0.4) is 0 Å². The van der Waals surface area contributed by atoms with Crippen LogP contribution < -0.4 is 29.6 Å². The average molecular weight is 256 g/mol. The van der Waals surface area contributed by atoms with E-state index in [1.165, 1.54) is 18.4 Å². The molecule has 0 aliphatic carbocycles. The van der Waals surface area contributed by atoms with Crippen LogP contribution >= 0.6 is 10.8 Å². The Morgan fingerprint density at radius 3 is 2.33 bits per heavy atom. The van der Waals surface area contributed by atoms with E-state index in [2.05, 4.69) is 4.18 Å². The zero-order chi connectivity index (χ0) is 10.6. The van der Waals surface area contributed by atoms with Crippen molar-refractivity contribution in [2.45, 2.75) is 0 Å². The minimum atomic E-state index is -3.80. The van der Waals surface area contributed by atoms with Crippen LogP contribution in [0.5, 0.6) is 0 Å². The number of carbonyl (C=O) groups is 1. The van der Waals surface area contributed by atoms with Crippen molar-refractivity contribution < 1.29 is 48.4 Å². The third-order valence-electron chi connectivity index (χ3n) is 1.39. The zero-order valence-electron chi connectivity index (χ0n) is 9.34. The van der Waals surface area contributed by atoms with Crippen LogP contribution in [0.15, 0.2) is 30.3 Å². The van der Waals surface area contributed by atoms with Gasteiger partial charge < -0.3 is 5.61 Å². The van der Waals surface area contributed by atoms with Crippen LogP contribution in [-0.2, 0) is 13.3 Å². The second-order valence-electron chi connectivity index (χ2n) is 2.31. The Morgan fingerprint density at radius 1 is 1.33 bits per heavy atom. The van der Waals surface area contributed by atoms with Gasteiger partial charge in [-0.3, -0.25) is 0 Å². The van der Waals surface area contributed by atoms with Gasteiger partial charge in [0, 0.05) is 17.0 Å². The quantitative estimate of drug-likeness (QED) is 0.490. The largest absolute Gasteiger partial charge is 1.00 e. The minimum Gasteiger partial charge on any atom is -1.00 e. The molecule has 1 rings (SSSR count). The molecule has 1 aromatic carbocycles. The summed E-state index contributed by atoms with van der Waals surface area (Å²) in [4.78, 5) is 11.2. The van der Waals surface area contributed by atoms with Crippen LogP contribution in [0, 0.1) is 0 Å². The van der Waals surface area contributed by atoms with Crippen LogP contribution in [0.4, 0.5) is 0 Å². The molecule has 0 spiro atoms. The first-order chi connectivity index (χ1) is 6.55. The Hall–Kier alpha value is -0.0100. The molecule has 0 aliphatic heterocycles. The Balaban J connectivity index is 0. The van der Waals surface area contributed by atoms with E-state index in [1.807, 2.05) is 0 Å². The Bertz CT molecular complexity index is 421. The van der Waals surface area contributed by atoms with Crippen molar-refractivity contribution in [1.29, 1.82) is 0 Å². The molecule has 0 N–H and O–H groups in total. The summed E-state index contributed by atoms with van der Waals surface area (Å²) in [5.74, 6) is -0.861. The van der Waals surface area contributed by atoms with Gasteiger partial charge in [-0.1, -0.05) is 18.2 Å². The van der Waals surface area contributed by atoms with Crippen molar-refractivity contribution in [2.75, 3.05) is 6.26 Å². The number of hydrogen-bond donors (Lipinski definition) is 0. The first-order valence-electron chi connectivity index (χ1n) is 3.64. The fourth-order valence-electron chi connectivity index (χ4n) is 0.749. The smallest absolute Gasteiger partial charge is 1.00 e. The van der Waals surface area contributed by atoms with Gasteiger partial charge in [-0.15, -0.1) is 0 Å². The van der Waals surface area contributed by atoms with Crippen LogP contribution in [0.1, 0.15) is 11.8 Å². The number of hydrogen-bond acceptors (Lipinski definition) is 5. The van der Waals surface area contributed by atoms with Gasteiger partial charge in [0.2, 0.25) is 0 Å². The predicted octanol–water partition coefficient (Wildman–Crippen LogP) is -1.43. The van der Waals surface area contributed by atoms with Crippen molar-refractivity contribution in [2.24, 2.45) is 0 Å². The maximum absolute atomic E-state index is 11.2. The van der Waals surface area contributed by atoms with E-state index in [4.69, 9.17) is 0 Å². The maximum atomic E-state index is 11.2. The average Bonchev–Trinajstić information content (AvgIpc) is 2.19. The summed E-state index contributed by atoms with van der Waals surface area (Å²) >= 11 is 0. The second-order valence-corrected chi connectivity index (χ2v) is 5.85. The molecule has 0 heterocycles. The molecular formula is C8H9NaO4S2. The molecule has 1 aromatic rings. The molecular weight excluding hydrogens is 247 g/mol. The summed E-state index contributed by atoms with van der Waals surface area (Å²) in [6, 6.07) is 7.95. The molecule has 0 unspecified atom stereocenters. The number of rotatable bonds is 3. The van der Waals surface area contributed by atoms with Crippen LogP contribution in [-0.4, -0.2) is 20.6 Å². The van der Waals surface area contributed by atoms with E-state index >= 15 is 0 Å². The molecule has 0 aliphatic rings. The maximum Gasteiger partial charge on any atom is 1.00 e. The summed E-state index contributed by atoms with van der Waals surface area (Å²) in [6.45, 7) is 0. The van der Waals surface area contributed by atoms with E-state index < -0.39 is 15.1 Å². The monoisotopic (exact) mass is 256 g/mol. The fraction of sp³-hybridized carbons (Fsp3) is 0.125. The van der Waals surface area contributed by atoms with Crippen LogP contribution in [0.25, 0.3) is 0 Å². The number of benzene rings is 1. The summed E-state index contributed by atoms with van der Waals surface area (Å²) in [5.41, 5.74) is 0.213. The Kier molecular flexibility index (Phi) is 6.54. The number of carbonyl (C=O) groups excluding carboxylic acids is 1. The molecule has 0 atom stereocenters. The summed E-state index contributed by atoms with van der Waals surface area (Å²) in [6.07, 6.45) is 1.33. The van der Waals surface area contributed by atoms with Crippen molar-refractivity contribution in [3.63, 3.8) is 0 Å². The molecule has 0 radical (unpaired) electrons. The third-order valence-corrected chi connectivity index (χ3v) is 3.58. The summed E-state index contributed by atoms with van der Waals surface area (Å²) < 4.78 is 26.1. The normalized spacial score (nSPS) is 10.2. The first-order valence-corrected chi connectivity index (χ1v) is 6.79. The molecule has 0 fully saturated rings. The third kappa shape index (κ3) is 5.03. The molecule has 0 saturated heterocycles. The SMILES string of the molecule is CSS(=O)(=O)OC(=O)c1ccccc1.[H-].[Na+]. The van der Waals surface area contributed by atoms with E-state index in [0.29, 0.717) is 10.8 Å². The zero-order valence-corrected chi connectivity index (χ0v) is 12.0. The molecule has 15 heavy (non-hydrogen) atoms. The van der Waals surface area contributed by atoms with E-state index in [0.717, 1.165) is 0 Å². The van der Waals surface area contributed by atoms with Gasteiger partial charge in [0.05, 0.1) is 5.56 Å². The Labute approximate surface area is 116 Å². The fourth-order valence-corrected chi connectivity index (χ4v) is 1.49. The van der Waals surface area contributed by atoms with E-state index in [-0.39, 0.29) is 36.5 Å². The van der Waals surface area contributed by atoms with Crippen molar-refractivity contribution >= 4 is 25.9 Å². The second kappa shape index (κ2) is 6.55. The molecule has 78 valence electrons. The van der Waals surface area contributed by atoms with Gasteiger partial charge >= 0.3 is 44.7 Å². The Morgan fingerprint density at radius 2 is 1.87 bits per heavy atom. The van der Waals surface area contributed by atoms with E-state index in [9.17, 15) is 13.2 Å². The molecule has 0 aromatic heterocycles. The van der Waals surface area contributed by atoms with Gasteiger partial charge in [-0.05, 0) is 12.1 Å². The summed E-state index contributed by atoms with van der Waals surface area (Å²) in [5, 5.41) is 0. The van der Waals surface area contributed by atoms with Crippen molar-refractivity contribution in [3.05, 3.63) is 35.9 Å². The molecule has 0 amide bonds. The molecule has 4 nitrogen and oxygen atoms in total. The van der Waals surface area contributed by atoms with Gasteiger partial charge in [-0.25, -0.2) is 4.79 Å². The topological polar surface area (TPSA) is 60.4 Å². The standard InChI is InChI=1S/C8H8O4S2.Na.H/c1-13-14(10,11)12-8(9)7-5-3-2-4-6-7;;/h2-6H,1H3;;/q;+1;-1. The van der Waals surface area contributed by atoms with Gasteiger partial charge in [0.25, 0.3) is 0 Å². The minimum absolute atomic E-state index is 0. The molecule has 0 saturated carbocycles. The summed E-state index contributed by atoms with van der Waals surface area (Å²) in [7, 11) is -3.32. The van der Waals surface area contributed by atoms with Crippen molar-refractivity contribution in [3.8, 4) is 0 Å². The van der Waals surface area contributed by atoms with Crippen molar-refractivity contribution in [1.82, 2.24) is 0 Å². The first kappa shape index (κ1) is 15.0. The van der Waals surface area contributed by atoms with Gasteiger partial charge in [0.15, 0.2) is 0 Å².